The SMILES string of the molecule is CCNC(c1cc(C)oc1C)c1c(F)cccc1OC. The van der Waals surface area contributed by atoms with Crippen LogP contribution in [0.4, 0.5) is 4.39 Å². The Hall–Kier alpha value is -1.81. The number of methoxy groups -OCH3 is 1. The van der Waals surface area contributed by atoms with E-state index in [1.54, 1.807) is 19.2 Å². The van der Waals surface area contributed by atoms with E-state index in [0.29, 0.717) is 17.9 Å². The Kier molecular flexibility index (Phi) is 4.45. The van der Waals surface area contributed by atoms with Crippen LogP contribution >= 0.6 is 0 Å². The van der Waals surface area contributed by atoms with E-state index in [-0.39, 0.29) is 11.9 Å². The van der Waals surface area contributed by atoms with Gasteiger partial charge in [0.2, 0.25) is 0 Å². The minimum Gasteiger partial charge on any atom is -0.496 e. The molecular formula is C16H20FNO2. The summed E-state index contributed by atoms with van der Waals surface area (Å²) in [6.45, 7) is 6.48. The van der Waals surface area contributed by atoms with Crippen LogP contribution in [-0.4, -0.2) is 13.7 Å². The molecule has 0 bridgehead atoms. The van der Waals surface area contributed by atoms with Gasteiger partial charge in [0.1, 0.15) is 23.1 Å². The first-order chi connectivity index (χ1) is 9.58. The molecule has 3 nitrogen and oxygen atoms in total. The van der Waals surface area contributed by atoms with Gasteiger partial charge in [-0.25, -0.2) is 4.39 Å². The highest BCUT2D eigenvalue weighted by atomic mass is 19.1. The molecule has 0 saturated carbocycles. The molecule has 2 rings (SSSR count). The van der Waals surface area contributed by atoms with Crippen molar-refractivity contribution in [3.8, 4) is 5.75 Å². The fraction of sp³-hybridized carbons (Fsp3) is 0.375. The molecule has 2 aromatic rings. The number of benzene rings is 1. The van der Waals surface area contributed by atoms with Crippen molar-refractivity contribution < 1.29 is 13.5 Å². The van der Waals surface area contributed by atoms with E-state index >= 15 is 0 Å². The maximum Gasteiger partial charge on any atom is 0.132 e. The Labute approximate surface area is 118 Å². The lowest BCUT2D eigenvalue weighted by Gasteiger charge is -2.21. The minimum atomic E-state index is -0.284. The van der Waals surface area contributed by atoms with Crippen LogP contribution in [0, 0.1) is 19.7 Å². The van der Waals surface area contributed by atoms with Crippen LogP contribution in [0.25, 0.3) is 0 Å². The Bertz CT molecular complexity index is 592. The Morgan fingerprint density at radius 2 is 2.10 bits per heavy atom. The number of aryl methyl sites for hydroxylation is 2. The lowest BCUT2D eigenvalue weighted by atomic mass is 9.97. The minimum absolute atomic E-state index is 0.284. The topological polar surface area (TPSA) is 34.4 Å². The van der Waals surface area contributed by atoms with Gasteiger partial charge in [-0.1, -0.05) is 13.0 Å². The summed E-state index contributed by atoms with van der Waals surface area (Å²) in [4.78, 5) is 0. The number of hydrogen-bond acceptors (Lipinski definition) is 3. The molecule has 1 N–H and O–H groups in total. The summed E-state index contributed by atoms with van der Waals surface area (Å²) < 4.78 is 25.2. The van der Waals surface area contributed by atoms with E-state index in [9.17, 15) is 4.39 Å². The number of halogens is 1. The van der Waals surface area contributed by atoms with E-state index in [2.05, 4.69) is 5.32 Å². The molecule has 4 heteroatoms. The summed E-state index contributed by atoms with van der Waals surface area (Å²) >= 11 is 0. The van der Waals surface area contributed by atoms with Crippen molar-refractivity contribution in [1.29, 1.82) is 0 Å². The maximum atomic E-state index is 14.3. The van der Waals surface area contributed by atoms with Gasteiger partial charge in [0.15, 0.2) is 0 Å². The van der Waals surface area contributed by atoms with Crippen molar-refractivity contribution in [2.24, 2.45) is 0 Å². The molecule has 0 aliphatic rings. The van der Waals surface area contributed by atoms with E-state index in [4.69, 9.17) is 9.15 Å². The summed E-state index contributed by atoms with van der Waals surface area (Å²) in [5.41, 5.74) is 1.45. The highest BCUT2D eigenvalue weighted by Crippen LogP contribution is 2.34. The zero-order valence-electron chi connectivity index (χ0n) is 12.3. The van der Waals surface area contributed by atoms with Gasteiger partial charge in [-0.15, -0.1) is 0 Å². The second-order valence-corrected chi connectivity index (χ2v) is 4.72. The number of rotatable bonds is 5. The second-order valence-electron chi connectivity index (χ2n) is 4.72. The lowest BCUT2D eigenvalue weighted by molar-refractivity contribution is 0.396. The van der Waals surface area contributed by atoms with Crippen molar-refractivity contribution in [1.82, 2.24) is 5.32 Å². The summed E-state index contributed by atoms with van der Waals surface area (Å²) in [6.07, 6.45) is 0. The average Bonchev–Trinajstić information content (AvgIpc) is 2.75. The zero-order valence-corrected chi connectivity index (χ0v) is 12.3. The first kappa shape index (κ1) is 14.6. The van der Waals surface area contributed by atoms with Crippen LogP contribution in [0.2, 0.25) is 0 Å². The van der Waals surface area contributed by atoms with Crippen LogP contribution in [0.15, 0.2) is 28.7 Å². The molecule has 1 atom stereocenters. The van der Waals surface area contributed by atoms with E-state index < -0.39 is 0 Å². The quantitative estimate of drug-likeness (QED) is 0.904. The maximum absolute atomic E-state index is 14.3. The highest BCUT2D eigenvalue weighted by molar-refractivity contribution is 5.43. The van der Waals surface area contributed by atoms with Gasteiger partial charge in [-0.3, -0.25) is 0 Å². The van der Waals surface area contributed by atoms with Crippen molar-refractivity contribution in [2.75, 3.05) is 13.7 Å². The molecule has 0 amide bonds. The molecule has 0 saturated heterocycles. The third kappa shape index (κ3) is 2.70. The standard InChI is InChI=1S/C16H20FNO2/c1-5-18-16(12-9-10(2)20-11(12)3)15-13(17)7-6-8-14(15)19-4/h6-9,16,18H,5H2,1-4H3. The molecule has 20 heavy (non-hydrogen) atoms. The smallest absolute Gasteiger partial charge is 0.132 e. The van der Waals surface area contributed by atoms with E-state index in [1.807, 2.05) is 26.8 Å². The van der Waals surface area contributed by atoms with Crippen molar-refractivity contribution in [3.63, 3.8) is 0 Å². The molecule has 0 fully saturated rings. The molecular weight excluding hydrogens is 257 g/mol. The van der Waals surface area contributed by atoms with Gasteiger partial charge in [-0.05, 0) is 38.6 Å². The number of nitrogens with one attached hydrogen (secondary N) is 1. The second kappa shape index (κ2) is 6.09. The number of ether oxygens (including phenoxy) is 1. The molecule has 0 spiro atoms. The van der Waals surface area contributed by atoms with Gasteiger partial charge in [0.25, 0.3) is 0 Å². The summed E-state index contributed by atoms with van der Waals surface area (Å²) in [6, 6.07) is 6.52. The zero-order chi connectivity index (χ0) is 14.7. The van der Waals surface area contributed by atoms with Crippen LogP contribution in [-0.2, 0) is 0 Å². The molecule has 1 aromatic carbocycles. The predicted octanol–water partition coefficient (Wildman–Crippen LogP) is 3.74. The lowest BCUT2D eigenvalue weighted by Crippen LogP contribution is -2.23. The van der Waals surface area contributed by atoms with Crippen molar-refractivity contribution in [3.05, 3.63) is 52.7 Å². The Balaban J connectivity index is 2.57. The molecule has 0 aliphatic heterocycles. The summed E-state index contributed by atoms with van der Waals surface area (Å²) in [5.74, 6) is 1.86. The van der Waals surface area contributed by atoms with Gasteiger partial charge in [0.05, 0.1) is 18.7 Å². The van der Waals surface area contributed by atoms with Crippen LogP contribution in [0.5, 0.6) is 5.75 Å². The molecule has 108 valence electrons. The predicted molar refractivity (Wildman–Crippen MR) is 76.7 cm³/mol. The molecule has 0 radical (unpaired) electrons. The van der Waals surface area contributed by atoms with Gasteiger partial charge >= 0.3 is 0 Å². The first-order valence-electron chi connectivity index (χ1n) is 6.71. The van der Waals surface area contributed by atoms with Gasteiger partial charge in [0, 0.05) is 5.56 Å². The number of furan rings is 1. The molecule has 1 heterocycles. The van der Waals surface area contributed by atoms with E-state index in [0.717, 1.165) is 17.1 Å². The van der Waals surface area contributed by atoms with E-state index in [1.165, 1.54) is 6.07 Å². The van der Waals surface area contributed by atoms with Crippen LogP contribution < -0.4 is 10.1 Å². The molecule has 1 unspecified atom stereocenters. The third-order valence-electron chi connectivity index (χ3n) is 3.32. The first-order valence-corrected chi connectivity index (χ1v) is 6.71. The monoisotopic (exact) mass is 277 g/mol. The Morgan fingerprint density at radius 1 is 1.35 bits per heavy atom. The number of hydrogen-bond donors (Lipinski definition) is 1. The third-order valence-corrected chi connectivity index (χ3v) is 3.32. The van der Waals surface area contributed by atoms with Crippen molar-refractivity contribution >= 4 is 0 Å². The molecule has 0 aliphatic carbocycles. The van der Waals surface area contributed by atoms with Crippen LogP contribution in [0.3, 0.4) is 0 Å². The highest BCUT2D eigenvalue weighted by Gasteiger charge is 2.24. The Morgan fingerprint density at radius 3 is 2.65 bits per heavy atom. The van der Waals surface area contributed by atoms with Gasteiger partial charge < -0.3 is 14.5 Å². The normalized spacial score (nSPS) is 12.4. The average molecular weight is 277 g/mol. The van der Waals surface area contributed by atoms with Crippen molar-refractivity contribution in [2.45, 2.75) is 26.8 Å². The van der Waals surface area contributed by atoms with Gasteiger partial charge in [-0.2, -0.15) is 0 Å². The van der Waals surface area contributed by atoms with Crippen LogP contribution in [0.1, 0.15) is 35.6 Å². The largest absolute Gasteiger partial charge is 0.496 e. The fourth-order valence-corrected chi connectivity index (χ4v) is 2.48. The fourth-order valence-electron chi connectivity index (χ4n) is 2.48. The molecule has 1 aromatic heterocycles. The summed E-state index contributed by atoms with van der Waals surface area (Å²) in [5, 5.41) is 3.30. The summed E-state index contributed by atoms with van der Waals surface area (Å²) in [7, 11) is 1.55.